The van der Waals surface area contributed by atoms with E-state index in [1.165, 1.54) is 7.11 Å². The number of aryl methyl sites for hydroxylation is 1. The van der Waals surface area contributed by atoms with Crippen molar-refractivity contribution in [1.82, 2.24) is 9.97 Å². The van der Waals surface area contributed by atoms with Crippen LogP contribution >= 0.6 is 0 Å². The van der Waals surface area contributed by atoms with E-state index in [1.54, 1.807) is 0 Å². The Bertz CT molecular complexity index is 611. The quantitative estimate of drug-likeness (QED) is 0.843. The smallest absolute Gasteiger partial charge is 0.316 e. The predicted molar refractivity (Wildman–Crippen MR) is 68.4 cm³/mol. The van der Waals surface area contributed by atoms with Crippen molar-refractivity contribution in [1.29, 1.82) is 0 Å². The monoisotopic (exact) mass is 244 g/mol. The van der Waals surface area contributed by atoms with Crippen LogP contribution in [0.3, 0.4) is 0 Å². The van der Waals surface area contributed by atoms with Crippen LogP contribution in [-0.4, -0.2) is 23.0 Å². The molecule has 1 saturated carbocycles. The third kappa shape index (κ3) is 1.52. The zero-order valence-electron chi connectivity index (χ0n) is 10.6. The lowest BCUT2D eigenvalue weighted by Gasteiger charge is -2.12. The zero-order valence-corrected chi connectivity index (χ0v) is 10.6. The van der Waals surface area contributed by atoms with Gasteiger partial charge in [-0.1, -0.05) is 13.0 Å². The largest absolute Gasteiger partial charge is 0.468 e. The Labute approximate surface area is 105 Å². The maximum absolute atomic E-state index is 11.8. The molecular weight excluding hydrogens is 228 g/mol. The number of esters is 1. The Balaban J connectivity index is 2.06. The number of nitrogens with zero attached hydrogens (tertiary/aromatic N) is 1. The van der Waals surface area contributed by atoms with Crippen LogP contribution in [0.2, 0.25) is 0 Å². The maximum Gasteiger partial charge on any atom is 0.316 e. The van der Waals surface area contributed by atoms with E-state index in [0.29, 0.717) is 0 Å². The Hall–Kier alpha value is -1.84. The Morgan fingerprint density at radius 3 is 2.89 bits per heavy atom. The summed E-state index contributed by atoms with van der Waals surface area (Å²) < 4.78 is 4.91. The number of carbonyl (C=O) groups excluding carboxylic acids is 1. The van der Waals surface area contributed by atoms with Crippen LogP contribution in [0.4, 0.5) is 0 Å². The molecule has 0 unspecified atom stereocenters. The molecule has 18 heavy (non-hydrogen) atoms. The molecule has 0 amide bonds. The molecule has 1 N–H and O–H groups in total. The fourth-order valence-corrected chi connectivity index (χ4v) is 2.46. The SMILES string of the molecule is CCc1nc2ccc(C3(C(=O)OC)CC3)cc2[nH]1. The third-order valence-corrected chi connectivity index (χ3v) is 3.74. The average Bonchev–Trinajstić information content (AvgIpc) is 3.11. The number of aromatic amines is 1. The highest BCUT2D eigenvalue weighted by molar-refractivity contribution is 5.88. The first kappa shape index (κ1) is 11.3. The number of hydrogen-bond donors (Lipinski definition) is 1. The van der Waals surface area contributed by atoms with Crippen molar-refractivity contribution >= 4 is 17.0 Å². The minimum atomic E-state index is -0.402. The Morgan fingerprint density at radius 2 is 2.28 bits per heavy atom. The first-order valence-electron chi connectivity index (χ1n) is 6.27. The van der Waals surface area contributed by atoms with Crippen LogP contribution < -0.4 is 0 Å². The molecule has 1 aromatic carbocycles. The van der Waals surface area contributed by atoms with Crippen molar-refractivity contribution in [2.24, 2.45) is 0 Å². The molecule has 1 fully saturated rings. The van der Waals surface area contributed by atoms with Gasteiger partial charge in [0.05, 0.1) is 23.6 Å². The zero-order chi connectivity index (χ0) is 12.8. The highest BCUT2D eigenvalue weighted by Crippen LogP contribution is 2.49. The Kier molecular flexibility index (Phi) is 2.40. The standard InChI is InChI=1S/C14H16N2O2/c1-3-12-15-10-5-4-9(8-11(10)16-12)14(6-7-14)13(17)18-2/h4-5,8H,3,6-7H2,1-2H3,(H,15,16). The maximum atomic E-state index is 11.8. The van der Waals surface area contributed by atoms with Crippen molar-refractivity contribution in [3.8, 4) is 0 Å². The molecule has 94 valence electrons. The number of rotatable bonds is 3. The number of fused-ring (bicyclic) bond motifs is 1. The minimum absolute atomic E-state index is 0.128. The van der Waals surface area contributed by atoms with E-state index in [2.05, 4.69) is 16.9 Å². The van der Waals surface area contributed by atoms with Gasteiger partial charge in [-0.15, -0.1) is 0 Å². The van der Waals surface area contributed by atoms with Crippen LogP contribution in [0.15, 0.2) is 18.2 Å². The van der Waals surface area contributed by atoms with E-state index in [4.69, 9.17) is 4.74 Å². The van der Waals surface area contributed by atoms with E-state index in [9.17, 15) is 4.79 Å². The van der Waals surface area contributed by atoms with E-state index in [-0.39, 0.29) is 5.97 Å². The van der Waals surface area contributed by atoms with Gasteiger partial charge in [-0.25, -0.2) is 4.98 Å². The fourth-order valence-electron chi connectivity index (χ4n) is 2.46. The number of imidazole rings is 1. The predicted octanol–water partition coefficient (Wildman–Crippen LogP) is 2.33. The molecule has 4 nitrogen and oxygen atoms in total. The summed E-state index contributed by atoms with van der Waals surface area (Å²) in [6.45, 7) is 2.06. The molecule has 0 spiro atoms. The van der Waals surface area contributed by atoms with Gasteiger partial charge in [-0.05, 0) is 30.5 Å². The van der Waals surface area contributed by atoms with E-state index >= 15 is 0 Å². The third-order valence-electron chi connectivity index (χ3n) is 3.74. The highest BCUT2D eigenvalue weighted by atomic mass is 16.5. The van der Waals surface area contributed by atoms with Gasteiger partial charge in [0, 0.05) is 6.42 Å². The number of benzene rings is 1. The summed E-state index contributed by atoms with van der Waals surface area (Å²) in [6, 6.07) is 6.00. The number of aromatic nitrogens is 2. The van der Waals surface area contributed by atoms with E-state index in [1.807, 2.05) is 18.2 Å². The molecule has 0 aliphatic heterocycles. The summed E-state index contributed by atoms with van der Waals surface area (Å²) in [4.78, 5) is 19.6. The number of H-pyrrole nitrogens is 1. The van der Waals surface area contributed by atoms with Crippen molar-refractivity contribution in [3.05, 3.63) is 29.6 Å². The van der Waals surface area contributed by atoms with E-state index < -0.39 is 5.41 Å². The number of carbonyl (C=O) groups is 1. The topological polar surface area (TPSA) is 55.0 Å². The van der Waals surface area contributed by atoms with Gasteiger partial charge in [0.1, 0.15) is 5.82 Å². The fraction of sp³-hybridized carbons (Fsp3) is 0.429. The minimum Gasteiger partial charge on any atom is -0.468 e. The molecule has 1 aliphatic rings. The summed E-state index contributed by atoms with van der Waals surface area (Å²) in [5.74, 6) is 0.849. The molecule has 0 bridgehead atoms. The average molecular weight is 244 g/mol. The lowest BCUT2D eigenvalue weighted by atomic mass is 9.96. The second-order valence-corrected chi connectivity index (χ2v) is 4.84. The van der Waals surface area contributed by atoms with Crippen molar-refractivity contribution < 1.29 is 9.53 Å². The molecule has 0 saturated heterocycles. The van der Waals surface area contributed by atoms with Gasteiger partial charge >= 0.3 is 5.97 Å². The van der Waals surface area contributed by atoms with Crippen molar-refractivity contribution in [2.45, 2.75) is 31.6 Å². The lowest BCUT2D eigenvalue weighted by molar-refractivity contribution is -0.143. The number of nitrogens with one attached hydrogen (secondary N) is 1. The summed E-state index contributed by atoms with van der Waals surface area (Å²) >= 11 is 0. The molecule has 1 aliphatic carbocycles. The highest BCUT2D eigenvalue weighted by Gasteiger charge is 2.52. The molecular formula is C14H16N2O2. The normalized spacial score (nSPS) is 16.8. The van der Waals surface area contributed by atoms with Crippen LogP contribution in [0.25, 0.3) is 11.0 Å². The van der Waals surface area contributed by atoms with Crippen molar-refractivity contribution in [2.75, 3.05) is 7.11 Å². The number of hydrogen-bond acceptors (Lipinski definition) is 3. The molecule has 4 heteroatoms. The number of methoxy groups -OCH3 is 1. The van der Waals surface area contributed by atoms with Crippen LogP contribution in [0.5, 0.6) is 0 Å². The van der Waals surface area contributed by atoms with Gasteiger partial charge in [-0.2, -0.15) is 0 Å². The van der Waals surface area contributed by atoms with Crippen LogP contribution in [0.1, 0.15) is 31.2 Å². The first-order valence-corrected chi connectivity index (χ1v) is 6.27. The van der Waals surface area contributed by atoms with Crippen LogP contribution in [0, 0.1) is 0 Å². The lowest BCUT2D eigenvalue weighted by Crippen LogP contribution is -2.21. The molecule has 3 rings (SSSR count). The van der Waals surface area contributed by atoms with E-state index in [0.717, 1.165) is 41.7 Å². The summed E-state index contributed by atoms with van der Waals surface area (Å²) in [7, 11) is 1.45. The molecule has 0 atom stereocenters. The Morgan fingerprint density at radius 1 is 1.50 bits per heavy atom. The summed E-state index contributed by atoms with van der Waals surface area (Å²) in [5, 5.41) is 0. The second kappa shape index (κ2) is 3.83. The molecule has 2 aromatic rings. The van der Waals surface area contributed by atoms with Gasteiger partial charge in [0.25, 0.3) is 0 Å². The van der Waals surface area contributed by atoms with Crippen LogP contribution in [-0.2, 0) is 21.4 Å². The van der Waals surface area contributed by atoms with Gasteiger partial charge in [0.2, 0.25) is 0 Å². The summed E-state index contributed by atoms with van der Waals surface area (Å²) in [6.07, 6.45) is 2.63. The number of ether oxygens (including phenoxy) is 1. The molecule has 1 aromatic heterocycles. The molecule has 0 radical (unpaired) electrons. The first-order chi connectivity index (χ1) is 8.69. The van der Waals surface area contributed by atoms with Crippen molar-refractivity contribution in [3.63, 3.8) is 0 Å². The van der Waals surface area contributed by atoms with Gasteiger partial charge in [-0.3, -0.25) is 4.79 Å². The van der Waals surface area contributed by atoms with Gasteiger partial charge in [0.15, 0.2) is 0 Å². The van der Waals surface area contributed by atoms with Gasteiger partial charge < -0.3 is 9.72 Å². The second-order valence-electron chi connectivity index (χ2n) is 4.84. The molecule has 1 heterocycles. The summed E-state index contributed by atoms with van der Waals surface area (Å²) in [5.41, 5.74) is 2.59.